The Hall–Kier alpha value is -0.940. The molecular formula is C10H14N2O2S. The van der Waals surface area contributed by atoms with Crippen molar-refractivity contribution in [2.75, 3.05) is 13.1 Å². The minimum atomic E-state index is -0.239. The standard InChI is InChI=1S/C10H14N2O2S/c1-7-9(15-6-11-7)10(14)12-4-2-8(13)3-5-12/h6,8,13H,2-5H2,1H3. The second kappa shape index (κ2) is 4.28. The summed E-state index contributed by atoms with van der Waals surface area (Å²) in [5, 5.41) is 9.35. The molecule has 0 aliphatic carbocycles. The molecule has 0 atom stereocenters. The number of amides is 1. The van der Waals surface area contributed by atoms with Crippen LogP contribution in [-0.4, -0.2) is 40.1 Å². The van der Waals surface area contributed by atoms with Crippen molar-refractivity contribution in [1.29, 1.82) is 0 Å². The molecule has 2 heterocycles. The maximum atomic E-state index is 12.0. The Morgan fingerprint density at radius 1 is 1.60 bits per heavy atom. The van der Waals surface area contributed by atoms with Gasteiger partial charge in [0.1, 0.15) is 4.88 Å². The van der Waals surface area contributed by atoms with E-state index in [1.54, 1.807) is 10.4 Å². The Morgan fingerprint density at radius 3 is 2.80 bits per heavy atom. The van der Waals surface area contributed by atoms with Crippen LogP contribution in [0.3, 0.4) is 0 Å². The van der Waals surface area contributed by atoms with Crippen molar-refractivity contribution in [3.8, 4) is 0 Å². The smallest absolute Gasteiger partial charge is 0.265 e. The number of aromatic nitrogens is 1. The van der Waals surface area contributed by atoms with E-state index in [2.05, 4.69) is 4.98 Å². The Kier molecular flexibility index (Phi) is 3.02. The first-order chi connectivity index (χ1) is 7.18. The van der Waals surface area contributed by atoms with Crippen LogP contribution in [0.5, 0.6) is 0 Å². The number of piperidine rings is 1. The van der Waals surface area contributed by atoms with Crippen LogP contribution in [0.4, 0.5) is 0 Å². The first kappa shape index (κ1) is 10.6. The maximum Gasteiger partial charge on any atom is 0.265 e. The summed E-state index contributed by atoms with van der Waals surface area (Å²) >= 11 is 1.39. The highest BCUT2D eigenvalue weighted by molar-refractivity contribution is 7.11. The number of thiazole rings is 1. The SMILES string of the molecule is Cc1ncsc1C(=O)N1CCC(O)CC1. The van der Waals surface area contributed by atoms with Crippen molar-refractivity contribution in [2.24, 2.45) is 0 Å². The molecule has 15 heavy (non-hydrogen) atoms. The van der Waals surface area contributed by atoms with Gasteiger partial charge in [-0.2, -0.15) is 0 Å². The van der Waals surface area contributed by atoms with Crippen LogP contribution in [-0.2, 0) is 0 Å². The van der Waals surface area contributed by atoms with Gasteiger partial charge in [-0.3, -0.25) is 4.79 Å². The molecule has 1 saturated heterocycles. The first-order valence-electron chi connectivity index (χ1n) is 5.06. The van der Waals surface area contributed by atoms with Gasteiger partial charge in [0.15, 0.2) is 0 Å². The highest BCUT2D eigenvalue weighted by atomic mass is 32.1. The van der Waals surface area contributed by atoms with Crippen molar-refractivity contribution in [1.82, 2.24) is 9.88 Å². The van der Waals surface area contributed by atoms with Gasteiger partial charge in [-0.1, -0.05) is 0 Å². The molecule has 2 rings (SSSR count). The third kappa shape index (κ3) is 2.18. The molecule has 0 bridgehead atoms. The third-order valence-electron chi connectivity index (χ3n) is 2.69. The second-order valence-electron chi connectivity index (χ2n) is 3.79. The monoisotopic (exact) mass is 226 g/mol. The minimum Gasteiger partial charge on any atom is -0.393 e. The average molecular weight is 226 g/mol. The molecule has 0 saturated carbocycles. The van der Waals surface area contributed by atoms with Gasteiger partial charge in [-0.15, -0.1) is 11.3 Å². The maximum absolute atomic E-state index is 12.0. The third-order valence-corrected chi connectivity index (χ3v) is 3.61. The molecule has 1 aromatic heterocycles. The van der Waals surface area contributed by atoms with E-state index in [0.717, 1.165) is 10.6 Å². The Bertz CT molecular complexity index is 356. The van der Waals surface area contributed by atoms with Crippen molar-refractivity contribution in [3.05, 3.63) is 16.1 Å². The molecule has 5 heteroatoms. The second-order valence-corrected chi connectivity index (χ2v) is 4.65. The van der Waals surface area contributed by atoms with Crippen LogP contribution in [0.1, 0.15) is 28.2 Å². The van der Waals surface area contributed by atoms with Crippen molar-refractivity contribution in [3.63, 3.8) is 0 Å². The van der Waals surface area contributed by atoms with Crippen LogP contribution >= 0.6 is 11.3 Å². The lowest BCUT2D eigenvalue weighted by Crippen LogP contribution is -2.39. The van der Waals surface area contributed by atoms with Gasteiger partial charge in [-0.25, -0.2) is 4.98 Å². The molecule has 82 valence electrons. The summed E-state index contributed by atoms with van der Waals surface area (Å²) in [7, 11) is 0. The van der Waals surface area contributed by atoms with Gasteiger partial charge in [0, 0.05) is 13.1 Å². The van der Waals surface area contributed by atoms with Crippen molar-refractivity contribution >= 4 is 17.2 Å². The summed E-state index contributed by atoms with van der Waals surface area (Å²) in [6.07, 6.45) is 1.13. The van der Waals surface area contributed by atoms with E-state index in [9.17, 15) is 9.90 Å². The fourth-order valence-corrected chi connectivity index (χ4v) is 2.49. The summed E-state index contributed by atoms with van der Waals surface area (Å²) in [5.74, 6) is 0.0573. The van der Waals surface area contributed by atoms with Gasteiger partial charge in [0.2, 0.25) is 0 Å². The molecule has 1 aromatic rings. The Balaban J connectivity index is 2.06. The Morgan fingerprint density at radius 2 is 2.27 bits per heavy atom. The first-order valence-corrected chi connectivity index (χ1v) is 5.94. The van der Waals surface area contributed by atoms with Crippen LogP contribution < -0.4 is 0 Å². The summed E-state index contributed by atoms with van der Waals surface area (Å²) in [6, 6.07) is 0. The fourth-order valence-electron chi connectivity index (χ4n) is 1.72. The molecule has 1 N–H and O–H groups in total. The van der Waals surface area contributed by atoms with Crippen molar-refractivity contribution in [2.45, 2.75) is 25.9 Å². The van der Waals surface area contributed by atoms with Gasteiger partial charge in [-0.05, 0) is 19.8 Å². The fraction of sp³-hybridized carbons (Fsp3) is 0.600. The highest BCUT2D eigenvalue weighted by Crippen LogP contribution is 2.18. The predicted octanol–water partition coefficient (Wildman–Crippen LogP) is 1.05. The average Bonchev–Trinajstić information content (AvgIpc) is 2.65. The lowest BCUT2D eigenvalue weighted by atomic mass is 10.1. The van der Waals surface area contributed by atoms with Gasteiger partial charge in [0.05, 0.1) is 17.3 Å². The summed E-state index contributed by atoms with van der Waals surface area (Å²) in [6.45, 7) is 3.15. The normalized spacial score (nSPS) is 18.1. The summed E-state index contributed by atoms with van der Waals surface area (Å²) in [5.41, 5.74) is 2.50. The van der Waals surface area contributed by atoms with Crippen LogP contribution in [0, 0.1) is 6.92 Å². The molecule has 4 nitrogen and oxygen atoms in total. The zero-order valence-corrected chi connectivity index (χ0v) is 9.46. The van der Waals surface area contributed by atoms with E-state index in [0.29, 0.717) is 25.9 Å². The Labute approximate surface area is 92.6 Å². The van der Waals surface area contributed by atoms with E-state index < -0.39 is 0 Å². The molecule has 0 radical (unpaired) electrons. The number of hydrogen-bond acceptors (Lipinski definition) is 4. The number of carbonyl (C=O) groups is 1. The topological polar surface area (TPSA) is 53.4 Å². The van der Waals surface area contributed by atoms with E-state index in [1.165, 1.54) is 11.3 Å². The number of hydrogen-bond donors (Lipinski definition) is 1. The molecule has 1 aliphatic rings. The van der Waals surface area contributed by atoms with Crippen LogP contribution in [0.2, 0.25) is 0 Å². The number of aliphatic hydroxyl groups is 1. The number of nitrogens with zero attached hydrogens (tertiary/aromatic N) is 2. The number of carbonyl (C=O) groups excluding carboxylic acids is 1. The molecular weight excluding hydrogens is 212 g/mol. The molecule has 0 unspecified atom stereocenters. The zero-order chi connectivity index (χ0) is 10.8. The van der Waals surface area contributed by atoms with Gasteiger partial charge >= 0.3 is 0 Å². The lowest BCUT2D eigenvalue weighted by molar-refractivity contribution is 0.0550. The largest absolute Gasteiger partial charge is 0.393 e. The van der Waals surface area contributed by atoms with E-state index >= 15 is 0 Å². The zero-order valence-electron chi connectivity index (χ0n) is 8.64. The molecule has 1 aliphatic heterocycles. The quantitative estimate of drug-likeness (QED) is 0.778. The molecule has 1 amide bonds. The van der Waals surface area contributed by atoms with Crippen molar-refractivity contribution < 1.29 is 9.90 Å². The number of rotatable bonds is 1. The van der Waals surface area contributed by atoms with E-state index in [-0.39, 0.29) is 12.0 Å². The molecule has 0 spiro atoms. The summed E-state index contributed by atoms with van der Waals surface area (Å²) < 4.78 is 0. The van der Waals surface area contributed by atoms with Gasteiger partial charge in [0.25, 0.3) is 5.91 Å². The van der Waals surface area contributed by atoms with Gasteiger partial charge < -0.3 is 10.0 Å². The van der Waals surface area contributed by atoms with E-state index in [1.807, 2.05) is 6.92 Å². The number of aryl methyl sites for hydroxylation is 1. The summed E-state index contributed by atoms with van der Waals surface area (Å²) in [4.78, 5) is 18.6. The predicted molar refractivity (Wildman–Crippen MR) is 58.0 cm³/mol. The molecule has 1 fully saturated rings. The highest BCUT2D eigenvalue weighted by Gasteiger charge is 2.24. The van der Waals surface area contributed by atoms with Crippen LogP contribution in [0.15, 0.2) is 5.51 Å². The van der Waals surface area contributed by atoms with Crippen LogP contribution in [0.25, 0.3) is 0 Å². The number of aliphatic hydroxyl groups excluding tert-OH is 1. The number of likely N-dealkylation sites (tertiary alicyclic amines) is 1. The van der Waals surface area contributed by atoms with E-state index in [4.69, 9.17) is 0 Å². The lowest BCUT2D eigenvalue weighted by Gasteiger charge is -2.29. The minimum absolute atomic E-state index is 0.0573. The molecule has 0 aromatic carbocycles.